The predicted molar refractivity (Wildman–Crippen MR) is 84.4 cm³/mol. The molecule has 7 heteroatoms. The third-order valence-corrected chi connectivity index (χ3v) is 4.49. The minimum absolute atomic E-state index is 0.299. The third-order valence-electron chi connectivity index (χ3n) is 2.83. The summed E-state index contributed by atoms with van der Waals surface area (Å²) in [4.78, 5) is 16.8. The van der Waals surface area contributed by atoms with Crippen LogP contribution in [0, 0.1) is 6.92 Å². The van der Waals surface area contributed by atoms with Crippen LogP contribution in [0.15, 0.2) is 16.6 Å². The molecule has 0 radical (unpaired) electrons. The maximum atomic E-state index is 11.9. The minimum Gasteiger partial charge on any atom is -0.493 e. The predicted octanol–water partition coefficient (Wildman–Crippen LogP) is 3.68. The van der Waals surface area contributed by atoms with Crippen LogP contribution in [0.1, 0.15) is 15.5 Å². The van der Waals surface area contributed by atoms with E-state index in [0.717, 1.165) is 19.9 Å². The van der Waals surface area contributed by atoms with E-state index in [9.17, 15) is 4.79 Å². The maximum Gasteiger partial charge on any atom is 0.358 e. The Morgan fingerprint density at radius 2 is 1.81 bits per heavy atom. The van der Waals surface area contributed by atoms with Crippen molar-refractivity contribution >= 4 is 33.2 Å². The van der Waals surface area contributed by atoms with Gasteiger partial charge in [-0.15, -0.1) is 11.3 Å². The van der Waals surface area contributed by atoms with Gasteiger partial charge in [-0.05, 0) is 35.0 Å². The second kappa shape index (κ2) is 6.44. The van der Waals surface area contributed by atoms with E-state index in [1.165, 1.54) is 18.4 Å². The zero-order valence-electron chi connectivity index (χ0n) is 12.0. The lowest BCUT2D eigenvalue weighted by Crippen LogP contribution is -2.03. The molecule has 0 N–H and O–H groups in total. The van der Waals surface area contributed by atoms with Crippen molar-refractivity contribution in [2.75, 3.05) is 21.3 Å². The molecular formula is C14H14BrNO4S. The summed E-state index contributed by atoms with van der Waals surface area (Å²) in [7, 11) is 4.47. The van der Waals surface area contributed by atoms with Crippen LogP contribution >= 0.6 is 27.3 Å². The second-order valence-corrected chi connectivity index (χ2v) is 6.15. The molecule has 1 aromatic carbocycles. The van der Waals surface area contributed by atoms with Crippen LogP contribution in [0.2, 0.25) is 0 Å². The van der Waals surface area contributed by atoms with Crippen molar-refractivity contribution in [3.63, 3.8) is 0 Å². The molecule has 1 aromatic heterocycles. The molecule has 1 heterocycles. The van der Waals surface area contributed by atoms with Crippen LogP contribution in [0.25, 0.3) is 10.4 Å². The smallest absolute Gasteiger partial charge is 0.358 e. The normalized spacial score (nSPS) is 10.3. The lowest BCUT2D eigenvalue weighted by atomic mass is 10.1. The second-order valence-electron chi connectivity index (χ2n) is 4.09. The highest BCUT2D eigenvalue weighted by atomic mass is 79.9. The Kier molecular flexibility index (Phi) is 4.84. The molecule has 0 saturated heterocycles. The van der Waals surface area contributed by atoms with Crippen molar-refractivity contribution in [3.8, 4) is 21.9 Å². The first kappa shape index (κ1) is 15.8. The lowest BCUT2D eigenvalue weighted by molar-refractivity contribution is 0.0595. The number of carbonyl (C=O) groups excluding carboxylic acids is 1. The summed E-state index contributed by atoms with van der Waals surface area (Å²) in [5.74, 6) is 0.725. The van der Waals surface area contributed by atoms with Gasteiger partial charge in [-0.1, -0.05) is 0 Å². The van der Waals surface area contributed by atoms with Crippen LogP contribution in [-0.4, -0.2) is 32.3 Å². The molecule has 0 saturated carbocycles. The molecule has 0 aliphatic heterocycles. The Morgan fingerprint density at radius 3 is 2.38 bits per heavy atom. The average molecular weight is 372 g/mol. The molecule has 2 aromatic rings. The highest BCUT2D eigenvalue weighted by Crippen LogP contribution is 2.41. The summed E-state index contributed by atoms with van der Waals surface area (Å²) in [6.07, 6.45) is 0. The standard InChI is InChI=1S/C14H14BrNO4S/c1-7-16-12(14(17)20-4)13(21-7)8-5-10(18-2)11(19-3)6-9(8)15/h5-6H,1-4H3. The maximum absolute atomic E-state index is 11.9. The van der Waals surface area contributed by atoms with Gasteiger partial charge in [0.05, 0.1) is 31.2 Å². The molecule has 0 aliphatic carbocycles. The monoisotopic (exact) mass is 371 g/mol. The molecule has 0 fully saturated rings. The highest BCUT2D eigenvalue weighted by molar-refractivity contribution is 9.10. The summed E-state index contributed by atoms with van der Waals surface area (Å²) in [6, 6.07) is 3.60. The van der Waals surface area contributed by atoms with Crippen LogP contribution in [0.5, 0.6) is 11.5 Å². The highest BCUT2D eigenvalue weighted by Gasteiger charge is 2.22. The SMILES string of the molecule is COC(=O)c1nc(C)sc1-c1cc(OC)c(OC)cc1Br. The number of thiazole rings is 1. The molecule has 112 valence electrons. The van der Waals surface area contributed by atoms with E-state index in [0.29, 0.717) is 17.2 Å². The van der Waals surface area contributed by atoms with Gasteiger partial charge in [-0.3, -0.25) is 0 Å². The Labute approximate surface area is 135 Å². The average Bonchev–Trinajstić information content (AvgIpc) is 2.87. The number of methoxy groups -OCH3 is 3. The number of carbonyl (C=O) groups is 1. The van der Waals surface area contributed by atoms with Gasteiger partial charge in [0.1, 0.15) is 0 Å². The summed E-state index contributed by atoms with van der Waals surface area (Å²) in [5.41, 5.74) is 1.10. The molecule has 0 spiro atoms. The van der Waals surface area contributed by atoms with Crippen molar-refractivity contribution in [2.24, 2.45) is 0 Å². The van der Waals surface area contributed by atoms with E-state index < -0.39 is 5.97 Å². The fourth-order valence-electron chi connectivity index (χ4n) is 1.87. The van der Waals surface area contributed by atoms with Crippen molar-refractivity contribution in [1.29, 1.82) is 0 Å². The van der Waals surface area contributed by atoms with Crippen molar-refractivity contribution in [1.82, 2.24) is 4.98 Å². The Bertz CT molecular complexity index is 684. The Balaban J connectivity index is 2.64. The van der Waals surface area contributed by atoms with Crippen molar-refractivity contribution in [3.05, 3.63) is 27.3 Å². The number of esters is 1. The first-order chi connectivity index (χ1) is 10.0. The van der Waals surface area contributed by atoms with E-state index in [2.05, 4.69) is 20.9 Å². The molecule has 0 bridgehead atoms. The minimum atomic E-state index is -0.462. The molecule has 5 nitrogen and oxygen atoms in total. The van der Waals surface area contributed by atoms with E-state index in [1.807, 2.05) is 13.0 Å². The largest absolute Gasteiger partial charge is 0.493 e. The molecule has 0 unspecified atom stereocenters. The number of benzene rings is 1. The van der Waals surface area contributed by atoms with Gasteiger partial charge in [0.25, 0.3) is 0 Å². The first-order valence-corrected chi connectivity index (χ1v) is 7.60. The fourth-order valence-corrected chi connectivity index (χ4v) is 3.46. The molecule has 0 atom stereocenters. The number of ether oxygens (including phenoxy) is 3. The van der Waals surface area contributed by atoms with Gasteiger partial charge in [-0.25, -0.2) is 9.78 Å². The first-order valence-electron chi connectivity index (χ1n) is 5.99. The van der Waals surface area contributed by atoms with Crippen molar-refractivity contribution in [2.45, 2.75) is 6.92 Å². The number of aryl methyl sites for hydroxylation is 1. The zero-order valence-corrected chi connectivity index (χ0v) is 14.4. The van der Waals surface area contributed by atoms with Crippen LogP contribution in [-0.2, 0) is 4.74 Å². The van der Waals surface area contributed by atoms with E-state index in [1.54, 1.807) is 20.3 Å². The third kappa shape index (κ3) is 3.03. The summed E-state index contributed by atoms with van der Waals surface area (Å²) >= 11 is 4.91. The van der Waals surface area contributed by atoms with Gasteiger partial charge in [0, 0.05) is 10.0 Å². The Hall–Kier alpha value is -1.60. The van der Waals surface area contributed by atoms with Crippen LogP contribution in [0.4, 0.5) is 0 Å². The molecule has 0 amide bonds. The van der Waals surface area contributed by atoms with E-state index in [-0.39, 0.29) is 0 Å². The lowest BCUT2D eigenvalue weighted by Gasteiger charge is -2.11. The topological polar surface area (TPSA) is 57.7 Å². The van der Waals surface area contributed by atoms with Gasteiger partial charge < -0.3 is 14.2 Å². The zero-order chi connectivity index (χ0) is 15.6. The molecule has 2 rings (SSSR count). The van der Waals surface area contributed by atoms with Gasteiger partial charge in [0.2, 0.25) is 0 Å². The van der Waals surface area contributed by atoms with E-state index >= 15 is 0 Å². The summed E-state index contributed by atoms with van der Waals surface area (Å²) in [5, 5.41) is 0.784. The number of aromatic nitrogens is 1. The quantitative estimate of drug-likeness (QED) is 0.767. The van der Waals surface area contributed by atoms with Crippen molar-refractivity contribution < 1.29 is 19.0 Å². The molecule has 21 heavy (non-hydrogen) atoms. The van der Waals surface area contributed by atoms with Gasteiger partial charge in [0.15, 0.2) is 17.2 Å². The summed E-state index contributed by atoms with van der Waals surface area (Å²) in [6.45, 7) is 1.84. The summed E-state index contributed by atoms with van der Waals surface area (Å²) < 4.78 is 16.1. The molecule has 0 aliphatic rings. The number of halogens is 1. The number of hydrogen-bond donors (Lipinski definition) is 0. The number of nitrogens with zero attached hydrogens (tertiary/aromatic N) is 1. The molecular weight excluding hydrogens is 358 g/mol. The Morgan fingerprint density at radius 1 is 1.19 bits per heavy atom. The van der Waals surface area contributed by atoms with E-state index in [4.69, 9.17) is 14.2 Å². The van der Waals surface area contributed by atoms with Gasteiger partial charge in [-0.2, -0.15) is 0 Å². The van der Waals surface area contributed by atoms with Crippen LogP contribution in [0.3, 0.4) is 0 Å². The number of rotatable bonds is 4. The van der Waals surface area contributed by atoms with Crippen LogP contribution < -0.4 is 9.47 Å². The number of hydrogen-bond acceptors (Lipinski definition) is 6. The van der Waals surface area contributed by atoms with Gasteiger partial charge >= 0.3 is 5.97 Å². The fraction of sp³-hybridized carbons (Fsp3) is 0.286.